The van der Waals surface area contributed by atoms with Gasteiger partial charge in [-0.1, -0.05) is 37.3 Å². The standard InChI is InChI=1S/C17H23NO/c1-13-7-8-18(11-14-5-3-2-4-6-14)12-15-9-16(19)10-17(13)15/h2-6,13,15,17H,7-12H2,1H3. The zero-order valence-electron chi connectivity index (χ0n) is 11.7. The molecule has 0 bridgehead atoms. The van der Waals surface area contributed by atoms with Crippen LogP contribution in [0.4, 0.5) is 0 Å². The molecule has 1 saturated carbocycles. The third kappa shape index (κ3) is 2.89. The maximum Gasteiger partial charge on any atom is 0.133 e. The summed E-state index contributed by atoms with van der Waals surface area (Å²) in [6, 6.07) is 10.7. The Morgan fingerprint density at radius 2 is 2.00 bits per heavy atom. The monoisotopic (exact) mass is 257 g/mol. The summed E-state index contributed by atoms with van der Waals surface area (Å²) in [5.41, 5.74) is 1.39. The largest absolute Gasteiger partial charge is 0.300 e. The highest BCUT2D eigenvalue weighted by Crippen LogP contribution is 2.39. The number of nitrogens with zero attached hydrogens (tertiary/aromatic N) is 1. The van der Waals surface area contributed by atoms with Crippen LogP contribution in [0.5, 0.6) is 0 Å². The molecule has 2 heteroatoms. The van der Waals surface area contributed by atoms with Crippen LogP contribution >= 0.6 is 0 Å². The first kappa shape index (κ1) is 12.9. The van der Waals surface area contributed by atoms with E-state index in [-0.39, 0.29) is 0 Å². The summed E-state index contributed by atoms with van der Waals surface area (Å²) in [6.45, 7) is 5.65. The molecule has 1 aromatic carbocycles. The number of likely N-dealkylation sites (tertiary alicyclic amines) is 1. The van der Waals surface area contributed by atoms with Crippen molar-refractivity contribution in [3.63, 3.8) is 0 Å². The van der Waals surface area contributed by atoms with Gasteiger partial charge in [0.05, 0.1) is 0 Å². The molecule has 2 nitrogen and oxygen atoms in total. The molecule has 3 atom stereocenters. The fourth-order valence-corrected chi connectivity index (χ4v) is 3.83. The van der Waals surface area contributed by atoms with Crippen LogP contribution < -0.4 is 0 Å². The van der Waals surface area contributed by atoms with Crippen molar-refractivity contribution < 1.29 is 4.79 Å². The quantitative estimate of drug-likeness (QED) is 0.811. The van der Waals surface area contributed by atoms with Gasteiger partial charge in [-0.25, -0.2) is 0 Å². The third-order valence-electron chi connectivity index (χ3n) is 4.93. The lowest BCUT2D eigenvalue weighted by molar-refractivity contribution is -0.117. The molecular formula is C17H23NO. The van der Waals surface area contributed by atoms with Gasteiger partial charge in [-0.05, 0) is 36.3 Å². The molecule has 3 rings (SSSR count). The lowest BCUT2D eigenvalue weighted by Crippen LogP contribution is -2.28. The average molecular weight is 257 g/mol. The van der Waals surface area contributed by atoms with Crippen molar-refractivity contribution in [2.24, 2.45) is 17.8 Å². The number of ketones is 1. The summed E-state index contributed by atoms with van der Waals surface area (Å²) < 4.78 is 0. The Balaban J connectivity index is 1.69. The molecule has 1 aliphatic heterocycles. The molecule has 3 unspecified atom stereocenters. The molecule has 1 saturated heterocycles. The summed E-state index contributed by atoms with van der Waals surface area (Å²) >= 11 is 0. The smallest absolute Gasteiger partial charge is 0.133 e. The van der Waals surface area contributed by atoms with Gasteiger partial charge in [-0.15, -0.1) is 0 Å². The minimum Gasteiger partial charge on any atom is -0.300 e. The maximum atomic E-state index is 11.7. The van der Waals surface area contributed by atoms with Gasteiger partial charge >= 0.3 is 0 Å². The second-order valence-corrected chi connectivity index (χ2v) is 6.36. The van der Waals surface area contributed by atoms with Gasteiger partial charge in [-0.2, -0.15) is 0 Å². The molecule has 1 aliphatic carbocycles. The van der Waals surface area contributed by atoms with Gasteiger partial charge in [0.15, 0.2) is 0 Å². The van der Waals surface area contributed by atoms with E-state index in [2.05, 4.69) is 42.2 Å². The van der Waals surface area contributed by atoms with Gasteiger partial charge in [0.1, 0.15) is 5.78 Å². The second kappa shape index (κ2) is 5.46. The Hall–Kier alpha value is -1.15. The van der Waals surface area contributed by atoms with Crippen molar-refractivity contribution in [3.05, 3.63) is 35.9 Å². The predicted octanol–water partition coefficient (Wildman–Crippen LogP) is 3.12. The number of hydrogen-bond donors (Lipinski definition) is 0. The summed E-state index contributed by atoms with van der Waals surface area (Å²) in [5, 5.41) is 0. The van der Waals surface area contributed by atoms with Crippen molar-refractivity contribution in [1.29, 1.82) is 0 Å². The summed E-state index contributed by atoms with van der Waals surface area (Å²) in [4.78, 5) is 14.3. The average Bonchev–Trinajstić information content (AvgIpc) is 2.71. The van der Waals surface area contributed by atoms with Gasteiger partial charge < -0.3 is 0 Å². The number of carbonyl (C=O) groups excluding carboxylic acids is 1. The zero-order valence-corrected chi connectivity index (χ0v) is 11.7. The van der Waals surface area contributed by atoms with E-state index in [1.807, 2.05) is 0 Å². The highest BCUT2D eigenvalue weighted by molar-refractivity contribution is 5.81. The van der Waals surface area contributed by atoms with Crippen molar-refractivity contribution in [2.45, 2.75) is 32.7 Å². The molecule has 1 heterocycles. The molecule has 0 amide bonds. The highest BCUT2D eigenvalue weighted by Gasteiger charge is 2.38. The van der Waals surface area contributed by atoms with Crippen molar-refractivity contribution in [3.8, 4) is 0 Å². The summed E-state index contributed by atoms with van der Waals surface area (Å²) in [7, 11) is 0. The second-order valence-electron chi connectivity index (χ2n) is 6.36. The molecular weight excluding hydrogens is 234 g/mol. The fourth-order valence-electron chi connectivity index (χ4n) is 3.83. The van der Waals surface area contributed by atoms with Crippen LogP contribution in [0.1, 0.15) is 31.7 Å². The fraction of sp³-hybridized carbons (Fsp3) is 0.588. The minimum absolute atomic E-state index is 0.489. The van der Waals surface area contributed by atoms with Crippen molar-refractivity contribution in [1.82, 2.24) is 4.90 Å². The van der Waals surface area contributed by atoms with Gasteiger partial charge in [-0.3, -0.25) is 9.69 Å². The Bertz CT molecular complexity index is 442. The van der Waals surface area contributed by atoms with E-state index in [0.29, 0.717) is 23.5 Å². The summed E-state index contributed by atoms with van der Waals surface area (Å²) in [6.07, 6.45) is 2.90. The predicted molar refractivity (Wildman–Crippen MR) is 76.7 cm³/mol. The molecule has 0 aromatic heterocycles. The van der Waals surface area contributed by atoms with E-state index in [1.54, 1.807) is 0 Å². The normalized spacial score (nSPS) is 32.1. The highest BCUT2D eigenvalue weighted by atomic mass is 16.1. The Morgan fingerprint density at radius 3 is 2.79 bits per heavy atom. The molecule has 19 heavy (non-hydrogen) atoms. The molecule has 1 aromatic rings. The number of benzene rings is 1. The molecule has 0 radical (unpaired) electrons. The maximum absolute atomic E-state index is 11.7. The van der Waals surface area contributed by atoms with E-state index in [1.165, 1.54) is 18.5 Å². The van der Waals surface area contributed by atoms with E-state index in [0.717, 1.165) is 25.9 Å². The lowest BCUT2D eigenvalue weighted by Gasteiger charge is -2.24. The summed E-state index contributed by atoms with van der Waals surface area (Å²) in [5.74, 6) is 2.45. The van der Waals surface area contributed by atoms with E-state index < -0.39 is 0 Å². The number of hydrogen-bond acceptors (Lipinski definition) is 2. The van der Waals surface area contributed by atoms with E-state index in [4.69, 9.17) is 0 Å². The first-order valence-electron chi connectivity index (χ1n) is 7.50. The number of rotatable bonds is 2. The topological polar surface area (TPSA) is 20.3 Å². The van der Waals surface area contributed by atoms with Crippen LogP contribution in [0, 0.1) is 17.8 Å². The van der Waals surface area contributed by atoms with Crippen LogP contribution in [-0.4, -0.2) is 23.8 Å². The lowest BCUT2D eigenvalue weighted by atomic mass is 9.84. The van der Waals surface area contributed by atoms with Crippen LogP contribution in [0.2, 0.25) is 0 Å². The molecule has 2 aliphatic rings. The van der Waals surface area contributed by atoms with Crippen LogP contribution in [0.25, 0.3) is 0 Å². The molecule has 0 N–H and O–H groups in total. The van der Waals surface area contributed by atoms with Gasteiger partial charge in [0.25, 0.3) is 0 Å². The number of Topliss-reactive ketones (excluding diaryl/α,β-unsaturated/α-hetero) is 1. The zero-order chi connectivity index (χ0) is 13.2. The van der Waals surface area contributed by atoms with Crippen LogP contribution in [0.3, 0.4) is 0 Å². The van der Waals surface area contributed by atoms with E-state index in [9.17, 15) is 4.79 Å². The van der Waals surface area contributed by atoms with Crippen LogP contribution in [-0.2, 0) is 11.3 Å². The number of carbonyl (C=O) groups is 1. The Labute approximate surface area is 115 Å². The third-order valence-corrected chi connectivity index (χ3v) is 4.93. The van der Waals surface area contributed by atoms with E-state index >= 15 is 0 Å². The molecule has 0 spiro atoms. The SMILES string of the molecule is CC1CCN(Cc2ccccc2)CC2CC(=O)CC12. The first-order chi connectivity index (χ1) is 9.22. The van der Waals surface area contributed by atoms with Gasteiger partial charge in [0, 0.05) is 25.9 Å². The Morgan fingerprint density at radius 1 is 1.21 bits per heavy atom. The first-order valence-corrected chi connectivity index (χ1v) is 7.50. The van der Waals surface area contributed by atoms with Crippen molar-refractivity contribution in [2.75, 3.05) is 13.1 Å². The van der Waals surface area contributed by atoms with Crippen LogP contribution in [0.15, 0.2) is 30.3 Å². The Kier molecular flexibility index (Phi) is 3.69. The van der Waals surface area contributed by atoms with Gasteiger partial charge in [0.2, 0.25) is 0 Å². The number of fused-ring (bicyclic) bond motifs is 1. The van der Waals surface area contributed by atoms with Crippen molar-refractivity contribution >= 4 is 5.78 Å². The minimum atomic E-state index is 0.489. The molecule has 2 fully saturated rings. The molecule has 102 valence electrons.